The maximum absolute atomic E-state index is 9.73. The van der Waals surface area contributed by atoms with Crippen LogP contribution in [0.25, 0.3) is 0 Å². The molecule has 0 aliphatic heterocycles. The van der Waals surface area contributed by atoms with Crippen molar-refractivity contribution in [1.82, 2.24) is 0 Å². The highest BCUT2D eigenvalue weighted by molar-refractivity contribution is 5.43. The summed E-state index contributed by atoms with van der Waals surface area (Å²) in [4.78, 5) is 0. The zero-order chi connectivity index (χ0) is 18.7. The summed E-state index contributed by atoms with van der Waals surface area (Å²) >= 11 is 0. The first-order chi connectivity index (χ1) is 12.4. The molecular formula is C23H24O3. The zero-order valence-electron chi connectivity index (χ0n) is 15.1. The lowest BCUT2D eigenvalue weighted by molar-refractivity contribution is 0.469. The SMILES string of the molecule is Cc1cc(CCC(C)(c2ccc(O)cc2)c2ccc(O)cc2)ccc1O. The Labute approximate surface area is 154 Å². The van der Waals surface area contributed by atoms with Crippen LogP contribution in [0, 0.1) is 6.92 Å². The van der Waals surface area contributed by atoms with Gasteiger partial charge in [0, 0.05) is 5.41 Å². The van der Waals surface area contributed by atoms with Crippen LogP contribution in [-0.2, 0) is 11.8 Å². The van der Waals surface area contributed by atoms with Gasteiger partial charge in [-0.15, -0.1) is 0 Å². The monoisotopic (exact) mass is 348 g/mol. The van der Waals surface area contributed by atoms with Crippen LogP contribution < -0.4 is 0 Å². The first-order valence-corrected chi connectivity index (χ1v) is 8.76. The van der Waals surface area contributed by atoms with Gasteiger partial charge in [0.1, 0.15) is 17.2 Å². The van der Waals surface area contributed by atoms with Crippen LogP contribution in [0.2, 0.25) is 0 Å². The maximum Gasteiger partial charge on any atom is 0.118 e. The summed E-state index contributed by atoms with van der Waals surface area (Å²) in [7, 11) is 0. The Bertz CT molecular complexity index is 835. The normalized spacial score (nSPS) is 11.5. The first kappa shape index (κ1) is 17.9. The van der Waals surface area contributed by atoms with Gasteiger partial charge in [0.2, 0.25) is 0 Å². The number of hydrogen-bond donors (Lipinski definition) is 3. The second-order valence-corrected chi connectivity index (χ2v) is 7.05. The smallest absolute Gasteiger partial charge is 0.118 e. The molecule has 0 bridgehead atoms. The van der Waals surface area contributed by atoms with Gasteiger partial charge in [-0.2, -0.15) is 0 Å². The molecule has 0 unspecified atom stereocenters. The van der Waals surface area contributed by atoms with E-state index in [1.165, 1.54) is 5.56 Å². The van der Waals surface area contributed by atoms with Crippen molar-refractivity contribution in [3.63, 3.8) is 0 Å². The molecule has 0 aliphatic rings. The minimum absolute atomic E-state index is 0.246. The van der Waals surface area contributed by atoms with E-state index >= 15 is 0 Å². The van der Waals surface area contributed by atoms with Gasteiger partial charge in [-0.05, 0) is 72.4 Å². The molecule has 3 aromatic carbocycles. The Morgan fingerprint density at radius 2 is 1.23 bits per heavy atom. The van der Waals surface area contributed by atoms with E-state index in [0.29, 0.717) is 5.75 Å². The molecule has 134 valence electrons. The fraction of sp³-hybridized carbons (Fsp3) is 0.217. The predicted octanol–water partition coefficient (Wildman–Crippen LogP) is 5.05. The Morgan fingerprint density at radius 3 is 1.69 bits per heavy atom. The van der Waals surface area contributed by atoms with Crippen LogP contribution in [0.15, 0.2) is 66.7 Å². The molecule has 0 heterocycles. The zero-order valence-corrected chi connectivity index (χ0v) is 15.1. The summed E-state index contributed by atoms with van der Waals surface area (Å²) < 4.78 is 0. The molecule has 3 N–H and O–H groups in total. The van der Waals surface area contributed by atoms with Gasteiger partial charge in [0.05, 0.1) is 0 Å². The fourth-order valence-corrected chi connectivity index (χ4v) is 3.38. The molecule has 0 spiro atoms. The summed E-state index contributed by atoms with van der Waals surface area (Å²) in [6, 6.07) is 20.3. The number of aryl methyl sites for hydroxylation is 2. The Hall–Kier alpha value is -2.94. The van der Waals surface area contributed by atoms with Crippen LogP contribution in [0.3, 0.4) is 0 Å². The van der Waals surface area contributed by atoms with E-state index in [2.05, 4.69) is 6.92 Å². The Morgan fingerprint density at radius 1 is 0.731 bits per heavy atom. The van der Waals surface area contributed by atoms with E-state index in [-0.39, 0.29) is 16.9 Å². The molecule has 0 aliphatic carbocycles. The number of rotatable bonds is 5. The van der Waals surface area contributed by atoms with Crippen molar-refractivity contribution in [2.45, 2.75) is 32.1 Å². The molecule has 0 aromatic heterocycles. The molecular weight excluding hydrogens is 324 g/mol. The number of benzene rings is 3. The van der Waals surface area contributed by atoms with E-state index in [1.54, 1.807) is 30.3 Å². The molecule has 3 aromatic rings. The van der Waals surface area contributed by atoms with Crippen molar-refractivity contribution in [3.8, 4) is 17.2 Å². The quantitative estimate of drug-likeness (QED) is 0.604. The third kappa shape index (κ3) is 3.67. The third-order valence-corrected chi connectivity index (χ3v) is 5.18. The number of phenols is 3. The van der Waals surface area contributed by atoms with Crippen molar-refractivity contribution in [1.29, 1.82) is 0 Å². The van der Waals surface area contributed by atoms with Crippen LogP contribution in [0.1, 0.15) is 35.6 Å². The van der Waals surface area contributed by atoms with Crippen molar-refractivity contribution in [2.75, 3.05) is 0 Å². The van der Waals surface area contributed by atoms with Gasteiger partial charge in [0.15, 0.2) is 0 Å². The number of hydrogen-bond acceptors (Lipinski definition) is 3. The molecule has 3 rings (SSSR count). The van der Waals surface area contributed by atoms with E-state index < -0.39 is 0 Å². The van der Waals surface area contributed by atoms with Gasteiger partial charge < -0.3 is 15.3 Å². The highest BCUT2D eigenvalue weighted by Gasteiger charge is 2.28. The van der Waals surface area contributed by atoms with E-state index in [0.717, 1.165) is 29.5 Å². The lowest BCUT2D eigenvalue weighted by Crippen LogP contribution is -2.24. The van der Waals surface area contributed by atoms with Crippen LogP contribution in [0.5, 0.6) is 17.2 Å². The molecule has 3 heteroatoms. The molecule has 0 saturated carbocycles. The Balaban J connectivity index is 1.95. The van der Waals surface area contributed by atoms with Gasteiger partial charge in [0.25, 0.3) is 0 Å². The van der Waals surface area contributed by atoms with Crippen molar-refractivity contribution >= 4 is 0 Å². The summed E-state index contributed by atoms with van der Waals surface area (Å²) in [5.74, 6) is 0.806. The van der Waals surface area contributed by atoms with Gasteiger partial charge in [-0.25, -0.2) is 0 Å². The minimum atomic E-state index is -0.271. The summed E-state index contributed by atoms with van der Waals surface area (Å²) in [6.45, 7) is 4.08. The molecule has 0 radical (unpaired) electrons. The predicted molar refractivity (Wildman–Crippen MR) is 104 cm³/mol. The molecule has 3 nitrogen and oxygen atoms in total. The average molecular weight is 348 g/mol. The third-order valence-electron chi connectivity index (χ3n) is 5.18. The maximum atomic E-state index is 9.73. The van der Waals surface area contributed by atoms with Crippen molar-refractivity contribution in [2.24, 2.45) is 0 Å². The number of aromatic hydroxyl groups is 3. The largest absolute Gasteiger partial charge is 0.508 e. The second-order valence-electron chi connectivity index (χ2n) is 7.05. The van der Waals surface area contributed by atoms with Gasteiger partial charge >= 0.3 is 0 Å². The molecule has 26 heavy (non-hydrogen) atoms. The van der Waals surface area contributed by atoms with Gasteiger partial charge in [-0.1, -0.05) is 43.3 Å². The summed E-state index contributed by atoms with van der Waals surface area (Å²) in [5.41, 5.74) is 3.99. The van der Waals surface area contributed by atoms with E-state index in [4.69, 9.17) is 0 Å². The average Bonchev–Trinajstić information content (AvgIpc) is 2.63. The molecule has 0 atom stereocenters. The van der Waals surface area contributed by atoms with E-state index in [9.17, 15) is 15.3 Å². The van der Waals surface area contributed by atoms with Crippen LogP contribution in [-0.4, -0.2) is 15.3 Å². The van der Waals surface area contributed by atoms with Crippen molar-refractivity contribution < 1.29 is 15.3 Å². The molecule has 0 fully saturated rings. The highest BCUT2D eigenvalue weighted by atomic mass is 16.3. The molecule has 0 amide bonds. The second kappa shape index (κ2) is 7.12. The van der Waals surface area contributed by atoms with Crippen LogP contribution >= 0.6 is 0 Å². The summed E-state index contributed by atoms with van der Waals surface area (Å²) in [6.07, 6.45) is 1.70. The summed E-state index contributed by atoms with van der Waals surface area (Å²) in [5, 5.41) is 29.0. The number of phenolic OH excluding ortho intramolecular Hbond substituents is 3. The highest BCUT2D eigenvalue weighted by Crippen LogP contribution is 2.38. The molecule has 0 saturated heterocycles. The lowest BCUT2D eigenvalue weighted by Gasteiger charge is -2.31. The van der Waals surface area contributed by atoms with E-state index in [1.807, 2.05) is 43.3 Å². The topological polar surface area (TPSA) is 60.7 Å². The van der Waals surface area contributed by atoms with Gasteiger partial charge in [-0.3, -0.25) is 0 Å². The lowest BCUT2D eigenvalue weighted by atomic mass is 9.72. The Kier molecular flexibility index (Phi) is 4.90. The van der Waals surface area contributed by atoms with Crippen LogP contribution in [0.4, 0.5) is 0 Å². The minimum Gasteiger partial charge on any atom is -0.508 e. The standard InChI is InChI=1S/C23H24O3/c1-16-15-17(3-12-22(16)26)13-14-23(2,18-4-8-20(24)9-5-18)19-6-10-21(25)11-7-19/h3-12,15,24-26H,13-14H2,1-2H3. The first-order valence-electron chi connectivity index (χ1n) is 8.76. The van der Waals surface area contributed by atoms with Crippen molar-refractivity contribution in [3.05, 3.63) is 89.0 Å². The fourth-order valence-electron chi connectivity index (χ4n) is 3.38.